The van der Waals surface area contributed by atoms with E-state index in [0.717, 1.165) is 32.3 Å². The van der Waals surface area contributed by atoms with Crippen molar-refractivity contribution >= 4 is 57.4 Å². The van der Waals surface area contributed by atoms with Crippen molar-refractivity contribution in [1.82, 2.24) is 9.55 Å². The normalized spacial score (nSPS) is 11.3. The molecule has 0 unspecified atom stereocenters. The van der Waals surface area contributed by atoms with E-state index < -0.39 is 0 Å². The Labute approximate surface area is 211 Å². The Morgan fingerprint density at radius 3 is 2.67 bits per heavy atom. The lowest BCUT2D eigenvalue weighted by atomic mass is 10.2. The van der Waals surface area contributed by atoms with E-state index in [-0.39, 0.29) is 0 Å². The summed E-state index contributed by atoms with van der Waals surface area (Å²) in [7, 11) is 0. The standard InChI is InChI=1S/C25H24ClIN4O2/c1-3-31-22-12-8-7-11-21(22)29-25(31)30-28-15-17-13-20(27)24(23(14-17)32-4-2)33-16-18-9-5-6-10-19(18)26/h5-15H,3-4,16H2,1-2H3,(H,29,30)/b28-15-. The Kier molecular flexibility index (Phi) is 7.72. The van der Waals surface area contributed by atoms with Gasteiger partial charge in [-0.15, -0.1) is 0 Å². The highest BCUT2D eigenvalue weighted by atomic mass is 127. The minimum atomic E-state index is 0.359. The number of nitrogens with zero attached hydrogens (tertiary/aromatic N) is 3. The molecule has 170 valence electrons. The molecule has 0 fully saturated rings. The molecule has 0 spiro atoms. The van der Waals surface area contributed by atoms with Crippen LogP contribution >= 0.6 is 34.2 Å². The third-order valence-corrected chi connectivity index (χ3v) is 6.18. The number of anilines is 1. The molecule has 3 aromatic carbocycles. The molecule has 0 aliphatic rings. The molecule has 4 aromatic rings. The van der Waals surface area contributed by atoms with Crippen molar-refractivity contribution in [1.29, 1.82) is 0 Å². The number of nitrogens with one attached hydrogen (secondary N) is 1. The van der Waals surface area contributed by atoms with Gasteiger partial charge in [-0.25, -0.2) is 10.4 Å². The van der Waals surface area contributed by atoms with Crippen LogP contribution in [0, 0.1) is 3.57 Å². The third kappa shape index (κ3) is 5.42. The van der Waals surface area contributed by atoms with Crippen molar-refractivity contribution < 1.29 is 9.47 Å². The molecular formula is C25H24ClIN4O2. The fourth-order valence-corrected chi connectivity index (χ4v) is 4.45. The quantitative estimate of drug-likeness (QED) is 0.137. The van der Waals surface area contributed by atoms with E-state index in [2.05, 4.69) is 55.7 Å². The number of imidazole rings is 1. The number of rotatable bonds is 9. The van der Waals surface area contributed by atoms with Gasteiger partial charge in [0.1, 0.15) is 6.61 Å². The number of hydrogen-bond donors (Lipinski definition) is 1. The Balaban J connectivity index is 1.53. The predicted molar refractivity (Wildman–Crippen MR) is 143 cm³/mol. The molecule has 0 radical (unpaired) electrons. The second-order valence-electron chi connectivity index (χ2n) is 7.18. The lowest BCUT2D eigenvalue weighted by Gasteiger charge is -2.15. The van der Waals surface area contributed by atoms with E-state index in [1.165, 1.54) is 0 Å². The van der Waals surface area contributed by atoms with Crippen molar-refractivity contribution in [3.63, 3.8) is 0 Å². The lowest BCUT2D eigenvalue weighted by molar-refractivity contribution is 0.267. The summed E-state index contributed by atoms with van der Waals surface area (Å²) in [6.07, 6.45) is 1.75. The molecule has 33 heavy (non-hydrogen) atoms. The zero-order valence-electron chi connectivity index (χ0n) is 18.4. The minimum absolute atomic E-state index is 0.359. The molecule has 0 aliphatic heterocycles. The highest BCUT2D eigenvalue weighted by Crippen LogP contribution is 2.35. The summed E-state index contributed by atoms with van der Waals surface area (Å²) in [5, 5.41) is 5.10. The fraction of sp³-hybridized carbons (Fsp3) is 0.200. The SMILES string of the molecule is CCOc1cc(/C=N\Nc2nc3ccccc3n2CC)cc(I)c1OCc1ccccc1Cl. The Morgan fingerprint density at radius 2 is 1.88 bits per heavy atom. The van der Waals surface area contributed by atoms with E-state index in [4.69, 9.17) is 21.1 Å². The van der Waals surface area contributed by atoms with Gasteiger partial charge in [0.2, 0.25) is 5.95 Å². The minimum Gasteiger partial charge on any atom is -0.490 e. The van der Waals surface area contributed by atoms with Gasteiger partial charge in [0.05, 0.1) is 27.4 Å². The molecule has 1 aromatic heterocycles. The molecule has 0 saturated carbocycles. The second-order valence-corrected chi connectivity index (χ2v) is 8.75. The van der Waals surface area contributed by atoms with E-state index in [0.29, 0.717) is 35.7 Å². The van der Waals surface area contributed by atoms with Gasteiger partial charge in [0, 0.05) is 17.1 Å². The molecule has 6 nitrogen and oxygen atoms in total. The van der Waals surface area contributed by atoms with Gasteiger partial charge >= 0.3 is 0 Å². The first-order chi connectivity index (χ1) is 16.1. The zero-order valence-corrected chi connectivity index (χ0v) is 21.3. The van der Waals surface area contributed by atoms with Crippen molar-refractivity contribution in [2.45, 2.75) is 27.0 Å². The average molecular weight is 575 g/mol. The average Bonchev–Trinajstić information content (AvgIpc) is 3.17. The van der Waals surface area contributed by atoms with Gasteiger partial charge < -0.3 is 14.0 Å². The number of ether oxygens (including phenoxy) is 2. The van der Waals surface area contributed by atoms with Crippen LogP contribution in [0.5, 0.6) is 11.5 Å². The van der Waals surface area contributed by atoms with Gasteiger partial charge in [0.15, 0.2) is 11.5 Å². The number of hydrogen-bond acceptors (Lipinski definition) is 5. The topological polar surface area (TPSA) is 60.7 Å². The summed E-state index contributed by atoms with van der Waals surface area (Å²) < 4.78 is 15.0. The number of fused-ring (bicyclic) bond motifs is 1. The van der Waals surface area contributed by atoms with Crippen molar-refractivity contribution in [2.75, 3.05) is 12.0 Å². The van der Waals surface area contributed by atoms with Crippen molar-refractivity contribution in [2.24, 2.45) is 5.10 Å². The Bertz CT molecular complexity index is 1290. The Hall–Kier alpha value is -2.78. The fourth-order valence-electron chi connectivity index (χ4n) is 3.48. The second kappa shape index (κ2) is 10.9. The highest BCUT2D eigenvalue weighted by Gasteiger charge is 2.13. The summed E-state index contributed by atoms with van der Waals surface area (Å²) in [6, 6.07) is 19.6. The van der Waals surface area contributed by atoms with Crippen molar-refractivity contribution in [3.8, 4) is 11.5 Å². The zero-order chi connectivity index (χ0) is 23.2. The number of hydrazone groups is 1. The van der Waals surface area contributed by atoms with Crippen LogP contribution in [0.15, 0.2) is 65.8 Å². The third-order valence-electron chi connectivity index (χ3n) is 5.01. The number of benzene rings is 3. The summed E-state index contributed by atoms with van der Waals surface area (Å²) in [4.78, 5) is 4.63. The van der Waals surface area contributed by atoms with Gasteiger partial charge in [-0.05, 0) is 72.3 Å². The molecule has 4 rings (SSSR count). The molecule has 0 saturated heterocycles. The number of halogens is 2. The number of aromatic nitrogens is 2. The Morgan fingerprint density at radius 1 is 1.09 bits per heavy atom. The van der Waals surface area contributed by atoms with Crippen LogP contribution in [0.4, 0.5) is 5.95 Å². The van der Waals surface area contributed by atoms with E-state index in [9.17, 15) is 0 Å². The van der Waals surface area contributed by atoms with Crippen LogP contribution in [0.1, 0.15) is 25.0 Å². The van der Waals surface area contributed by atoms with Crippen LogP contribution in [0.3, 0.4) is 0 Å². The van der Waals surface area contributed by atoms with Gasteiger partial charge in [0.25, 0.3) is 0 Å². The molecule has 1 N–H and O–H groups in total. The molecule has 0 atom stereocenters. The smallest absolute Gasteiger partial charge is 0.224 e. The van der Waals surface area contributed by atoms with Crippen LogP contribution < -0.4 is 14.9 Å². The predicted octanol–water partition coefficient (Wildman–Crippen LogP) is 6.74. The van der Waals surface area contributed by atoms with E-state index >= 15 is 0 Å². The maximum Gasteiger partial charge on any atom is 0.224 e. The first-order valence-corrected chi connectivity index (χ1v) is 12.1. The molecule has 0 aliphatic carbocycles. The van der Waals surface area contributed by atoms with Crippen LogP contribution in [0.2, 0.25) is 5.02 Å². The van der Waals surface area contributed by atoms with Crippen molar-refractivity contribution in [3.05, 3.63) is 80.4 Å². The highest BCUT2D eigenvalue weighted by molar-refractivity contribution is 14.1. The molecule has 0 bridgehead atoms. The lowest BCUT2D eigenvalue weighted by Crippen LogP contribution is -2.04. The van der Waals surface area contributed by atoms with Crippen LogP contribution in [-0.2, 0) is 13.2 Å². The molecule has 1 heterocycles. The largest absolute Gasteiger partial charge is 0.490 e. The van der Waals surface area contributed by atoms with Crippen LogP contribution in [0.25, 0.3) is 11.0 Å². The maximum absolute atomic E-state index is 6.27. The monoisotopic (exact) mass is 574 g/mol. The van der Waals surface area contributed by atoms with Crippen LogP contribution in [-0.4, -0.2) is 22.4 Å². The summed E-state index contributed by atoms with van der Waals surface area (Å²) >= 11 is 8.52. The number of aryl methyl sites for hydroxylation is 1. The number of para-hydroxylation sites is 2. The van der Waals surface area contributed by atoms with E-state index in [1.54, 1.807) is 6.21 Å². The first kappa shape index (κ1) is 23.4. The van der Waals surface area contributed by atoms with Gasteiger partial charge in [-0.3, -0.25) is 0 Å². The van der Waals surface area contributed by atoms with E-state index in [1.807, 2.05) is 61.5 Å². The summed E-state index contributed by atoms with van der Waals surface area (Å²) in [5.41, 5.74) is 6.89. The molecule has 8 heteroatoms. The molecular weight excluding hydrogens is 551 g/mol. The summed E-state index contributed by atoms with van der Waals surface area (Å²) in [5.74, 6) is 2.06. The maximum atomic E-state index is 6.27. The molecule has 0 amide bonds. The van der Waals surface area contributed by atoms with Gasteiger partial charge in [-0.1, -0.05) is 41.9 Å². The summed E-state index contributed by atoms with van der Waals surface area (Å²) in [6.45, 7) is 5.71. The van der Waals surface area contributed by atoms with Gasteiger partial charge in [-0.2, -0.15) is 5.10 Å². The first-order valence-electron chi connectivity index (χ1n) is 10.7.